The summed E-state index contributed by atoms with van der Waals surface area (Å²) in [7, 11) is 0. The highest BCUT2D eigenvalue weighted by Crippen LogP contribution is 2.16. The van der Waals surface area contributed by atoms with Crippen molar-refractivity contribution in [3.8, 4) is 0 Å². The molecule has 0 saturated carbocycles. The Morgan fingerprint density at radius 3 is 2.43 bits per heavy atom. The molecular weight excluding hydrogens is 358 g/mol. The van der Waals surface area contributed by atoms with Crippen molar-refractivity contribution in [2.45, 2.75) is 6.54 Å². The maximum absolute atomic E-state index is 12.0. The van der Waals surface area contributed by atoms with Gasteiger partial charge in [0, 0.05) is 63.6 Å². The molecule has 0 aliphatic carbocycles. The fraction of sp³-hybridized carbons (Fsp3) is 0.350. The van der Waals surface area contributed by atoms with Crippen LogP contribution >= 0.6 is 0 Å². The molecule has 1 saturated heterocycles. The highest BCUT2D eigenvalue weighted by Gasteiger charge is 2.16. The van der Waals surface area contributed by atoms with Gasteiger partial charge in [0.2, 0.25) is 0 Å². The number of benzene rings is 2. The quantitative estimate of drug-likeness (QED) is 0.566. The number of nitrogens with one attached hydrogen (secondary N) is 2. The second-order valence-electron chi connectivity index (χ2n) is 6.79. The van der Waals surface area contributed by atoms with Crippen molar-refractivity contribution in [2.75, 3.05) is 44.6 Å². The number of nitrogens with zero attached hydrogens (tertiary/aromatic N) is 3. The lowest BCUT2D eigenvalue weighted by Crippen LogP contribution is -2.48. The maximum Gasteiger partial charge on any atom is 0.319 e. The maximum atomic E-state index is 12.0. The molecule has 2 N–H and O–H groups in total. The molecule has 1 fully saturated rings. The third kappa shape index (κ3) is 6.04. The molecule has 2 aromatic carbocycles. The van der Waals surface area contributed by atoms with Crippen molar-refractivity contribution in [1.82, 2.24) is 15.1 Å². The minimum atomic E-state index is -0.486. The van der Waals surface area contributed by atoms with Gasteiger partial charge in [-0.05, 0) is 11.6 Å². The number of carbonyl (C=O) groups is 1. The topological polar surface area (TPSA) is 90.8 Å². The summed E-state index contributed by atoms with van der Waals surface area (Å²) in [4.78, 5) is 27.0. The van der Waals surface area contributed by atoms with Crippen molar-refractivity contribution >= 4 is 17.4 Å². The molecule has 0 aromatic heterocycles. The summed E-state index contributed by atoms with van der Waals surface area (Å²) < 4.78 is 0. The third-order valence-electron chi connectivity index (χ3n) is 4.74. The summed E-state index contributed by atoms with van der Waals surface area (Å²) >= 11 is 0. The molecule has 28 heavy (non-hydrogen) atoms. The summed E-state index contributed by atoms with van der Waals surface area (Å²) in [5.74, 6) is 0. The molecule has 8 heteroatoms. The smallest absolute Gasteiger partial charge is 0.319 e. The molecule has 8 nitrogen and oxygen atoms in total. The third-order valence-corrected chi connectivity index (χ3v) is 4.74. The standard InChI is InChI=1S/C20H25N5O3/c26-20(22-18-7-4-8-19(15-18)25(27)28)21-9-10-23-11-13-24(14-12-23)16-17-5-2-1-3-6-17/h1-8,15H,9-14,16H2,(H2,21,22,26). The van der Waals surface area contributed by atoms with Gasteiger partial charge in [0.1, 0.15) is 0 Å². The van der Waals surface area contributed by atoms with E-state index in [2.05, 4.69) is 44.7 Å². The van der Waals surface area contributed by atoms with E-state index in [9.17, 15) is 14.9 Å². The summed E-state index contributed by atoms with van der Waals surface area (Å²) in [6, 6.07) is 16.0. The number of nitro groups is 1. The van der Waals surface area contributed by atoms with Crippen molar-refractivity contribution in [3.05, 3.63) is 70.3 Å². The molecule has 0 unspecified atom stereocenters. The average Bonchev–Trinajstić information content (AvgIpc) is 2.70. The molecular formula is C20H25N5O3. The van der Waals surface area contributed by atoms with Gasteiger partial charge in [-0.25, -0.2) is 4.79 Å². The van der Waals surface area contributed by atoms with Gasteiger partial charge in [-0.1, -0.05) is 36.4 Å². The average molecular weight is 383 g/mol. The van der Waals surface area contributed by atoms with Crippen LogP contribution in [0.4, 0.5) is 16.2 Å². The summed E-state index contributed by atoms with van der Waals surface area (Å²) in [6.07, 6.45) is 0. The van der Waals surface area contributed by atoms with Gasteiger partial charge in [-0.2, -0.15) is 0 Å². The van der Waals surface area contributed by atoms with E-state index in [-0.39, 0.29) is 11.7 Å². The van der Waals surface area contributed by atoms with Crippen molar-refractivity contribution in [2.24, 2.45) is 0 Å². The van der Waals surface area contributed by atoms with Crippen LogP contribution < -0.4 is 10.6 Å². The number of nitro benzene ring substituents is 1. The molecule has 2 aromatic rings. The number of amides is 2. The van der Waals surface area contributed by atoms with E-state index in [0.29, 0.717) is 12.2 Å². The van der Waals surface area contributed by atoms with Crippen LogP contribution in [0.1, 0.15) is 5.56 Å². The molecule has 0 radical (unpaired) electrons. The molecule has 1 aliphatic rings. The van der Waals surface area contributed by atoms with E-state index in [1.807, 2.05) is 6.07 Å². The lowest BCUT2D eigenvalue weighted by molar-refractivity contribution is -0.384. The highest BCUT2D eigenvalue weighted by molar-refractivity contribution is 5.89. The Bertz CT molecular complexity index is 791. The predicted octanol–water partition coefficient (Wildman–Crippen LogP) is 2.53. The molecule has 0 spiro atoms. The lowest BCUT2D eigenvalue weighted by atomic mass is 10.2. The first-order chi connectivity index (χ1) is 13.6. The Hall–Kier alpha value is -2.97. The Balaban J connectivity index is 1.34. The van der Waals surface area contributed by atoms with E-state index in [4.69, 9.17) is 0 Å². The summed E-state index contributed by atoms with van der Waals surface area (Å²) in [5, 5.41) is 16.2. The monoisotopic (exact) mass is 383 g/mol. The number of urea groups is 1. The second kappa shape index (κ2) is 9.82. The van der Waals surface area contributed by atoms with Crippen LogP contribution in [-0.2, 0) is 6.54 Å². The molecule has 0 atom stereocenters. The van der Waals surface area contributed by atoms with Crippen LogP contribution in [0.3, 0.4) is 0 Å². The summed E-state index contributed by atoms with van der Waals surface area (Å²) in [5.41, 5.74) is 1.68. The molecule has 2 amide bonds. The number of hydrogen-bond acceptors (Lipinski definition) is 5. The normalized spacial score (nSPS) is 15.1. The highest BCUT2D eigenvalue weighted by atomic mass is 16.6. The molecule has 1 aliphatic heterocycles. The van der Waals surface area contributed by atoms with Crippen molar-refractivity contribution < 1.29 is 9.72 Å². The van der Waals surface area contributed by atoms with Gasteiger partial charge >= 0.3 is 6.03 Å². The fourth-order valence-electron chi connectivity index (χ4n) is 3.21. The van der Waals surface area contributed by atoms with Crippen LogP contribution in [0.2, 0.25) is 0 Å². The Morgan fingerprint density at radius 2 is 1.71 bits per heavy atom. The van der Waals surface area contributed by atoms with Crippen LogP contribution in [0, 0.1) is 10.1 Å². The number of rotatable bonds is 7. The van der Waals surface area contributed by atoms with E-state index >= 15 is 0 Å². The van der Waals surface area contributed by atoms with Gasteiger partial charge in [0.25, 0.3) is 5.69 Å². The van der Waals surface area contributed by atoms with Gasteiger partial charge in [0.15, 0.2) is 0 Å². The summed E-state index contributed by atoms with van der Waals surface area (Å²) in [6.45, 7) is 6.24. The van der Waals surface area contributed by atoms with Gasteiger partial charge in [-0.15, -0.1) is 0 Å². The van der Waals surface area contributed by atoms with E-state index in [1.165, 1.54) is 17.7 Å². The number of carbonyl (C=O) groups excluding carboxylic acids is 1. The molecule has 3 rings (SSSR count). The molecule has 148 valence electrons. The first kappa shape index (κ1) is 19.8. The van der Waals surface area contributed by atoms with E-state index in [1.54, 1.807) is 12.1 Å². The van der Waals surface area contributed by atoms with Crippen molar-refractivity contribution in [1.29, 1.82) is 0 Å². The number of piperazine rings is 1. The van der Waals surface area contributed by atoms with Crippen molar-refractivity contribution in [3.63, 3.8) is 0 Å². The van der Waals surface area contributed by atoms with Crippen LogP contribution in [0.25, 0.3) is 0 Å². The minimum absolute atomic E-state index is 0.0498. The van der Waals surface area contributed by atoms with Gasteiger partial charge < -0.3 is 10.6 Å². The number of hydrogen-bond donors (Lipinski definition) is 2. The molecule has 1 heterocycles. The first-order valence-electron chi connectivity index (χ1n) is 9.38. The van der Waals surface area contributed by atoms with E-state index < -0.39 is 4.92 Å². The van der Waals surface area contributed by atoms with Crippen LogP contribution in [0.15, 0.2) is 54.6 Å². The SMILES string of the molecule is O=C(NCCN1CCN(Cc2ccccc2)CC1)Nc1cccc([N+](=O)[O-])c1. The Kier molecular flexibility index (Phi) is 6.94. The predicted molar refractivity (Wildman–Crippen MR) is 108 cm³/mol. The fourth-order valence-corrected chi connectivity index (χ4v) is 3.21. The lowest BCUT2D eigenvalue weighted by Gasteiger charge is -2.34. The first-order valence-corrected chi connectivity index (χ1v) is 9.38. The Morgan fingerprint density at radius 1 is 1.00 bits per heavy atom. The zero-order valence-corrected chi connectivity index (χ0v) is 15.7. The largest absolute Gasteiger partial charge is 0.337 e. The zero-order chi connectivity index (χ0) is 19.8. The molecule has 0 bridgehead atoms. The minimum Gasteiger partial charge on any atom is -0.337 e. The number of non-ortho nitro benzene ring substituents is 1. The van der Waals surface area contributed by atoms with Gasteiger partial charge in [-0.3, -0.25) is 19.9 Å². The second-order valence-corrected chi connectivity index (χ2v) is 6.79. The van der Waals surface area contributed by atoms with E-state index in [0.717, 1.165) is 39.3 Å². The Labute approximate surface area is 164 Å². The zero-order valence-electron chi connectivity index (χ0n) is 15.7. The number of anilines is 1. The van der Waals surface area contributed by atoms with Crippen LogP contribution in [0.5, 0.6) is 0 Å². The van der Waals surface area contributed by atoms with Crippen LogP contribution in [-0.4, -0.2) is 60.0 Å². The van der Waals surface area contributed by atoms with Gasteiger partial charge in [0.05, 0.1) is 4.92 Å².